The van der Waals surface area contributed by atoms with E-state index in [2.05, 4.69) is 50.1 Å². The lowest BCUT2D eigenvalue weighted by molar-refractivity contribution is -0.00638. The van der Waals surface area contributed by atoms with Crippen LogP contribution in [0, 0.1) is 0 Å². The van der Waals surface area contributed by atoms with Crippen molar-refractivity contribution in [2.45, 2.75) is 44.8 Å². The van der Waals surface area contributed by atoms with Crippen LogP contribution >= 0.6 is 0 Å². The molecule has 0 bridgehead atoms. The van der Waals surface area contributed by atoms with Crippen molar-refractivity contribution < 1.29 is 4.74 Å². The molecule has 0 amide bonds. The van der Waals surface area contributed by atoms with Crippen molar-refractivity contribution in [2.75, 3.05) is 25.1 Å². The van der Waals surface area contributed by atoms with Crippen LogP contribution in [0.4, 0.5) is 5.69 Å². The fourth-order valence-corrected chi connectivity index (χ4v) is 3.00. The predicted octanol–water partition coefficient (Wildman–Crippen LogP) is 2.58. The molecule has 2 N–H and O–H groups in total. The summed E-state index contributed by atoms with van der Waals surface area (Å²) >= 11 is 0. The molecule has 0 aliphatic carbocycles. The summed E-state index contributed by atoms with van der Waals surface area (Å²) in [7, 11) is 2.16. The van der Waals surface area contributed by atoms with Crippen LogP contribution in [0.2, 0.25) is 0 Å². The van der Waals surface area contributed by atoms with Gasteiger partial charge >= 0.3 is 0 Å². The quantitative estimate of drug-likeness (QED) is 0.906. The number of anilines is 1. The van der Waals surface area contributed by atoms with Crippen LogP contribution < -0.4 is 10.6 Å². The van der Waals surface area contributed by atoms with Crippen molar-refractivity contribution in [3.8, 4) is 0 Å². The van der Waals surface area contributed by atoms with E-state index in [-0.39, 0.29) is 11.6 Å². The van der Waals surface area contributed by atoms with Gasteiger partial charge in [-0.25, -0.2) is 0 Å². The fourth-order valence-electron chi connectivity index (χ4n) is 3.00. The van der Waals surface area contributed by atoms with Crippen LogP contribution in [0.5, 0.6) is 0 Å². The van der Waals surface area contributed by atoms with Gasteiger partial charge in [-0.2, -0.15) is 0 Å². The van der Waals surface area contributed by atoms with Crippen molar-refractivity contribution >= 4 is 5.69 Å². The first kappa shape index (κ1) is 14.4. The fraction of sp³-hybridized carbons (Fsp3) is 0.625. The molecule has 1 aromatic carbocycles. The monoisotopic (exact) mass is 262 g/mol. The Hall–Kier alpha value is -1.06. The van der Waals surface area contributed by atoms with Crippen LogP contribution in [0.15, 0.2) is 24.3 Å². The van der Waals surface area contributed by atoms with Gasteiger partial charge in [0.1, 0.15) is 0 Å². The van der Waals surface area contributed by atoms with Crippen LogP contribution in [-0.2, 0) is 11.2 Å². The third kappa shape index (κ3) is 2.93. The second-order valence-electron chi connectivity index (χ2n) is 5.64. The Morgan fingerprint density at radius 3 is 2.58 bits per heavy atom. The van der Waals surface area contributed by atoms with Crippen LogP contribution in [0.3, 0.4) is 0 Å². The Labute approximate surface area is 116 Å². The van der Waals surface area contributed by atoms with E-state index >= 15 is 0 Å². The number of hydrogen-bond donors (Lipinski definition) is 1. The molecule has 1 aliphatic heterocycles. The van der Waals surface area contributed by atoms with Crippen molar-refractivity contribution in [3.05, 3.63) is 29.8 Å². The van der Waals surface area contributed by atoms with Crippen LogP contribution in [-0.4, -0.2) is 31.8 Å². The molecule has 1 aliphatic rings. The number of hydrogen-bond acceptors (Lipinski definition) is 3. The molecule has 2 rings (SSSR count). The zero-order chi connectivity index (χ0) is 13.9. The highest BCUT2D eigenvalue weighted by atomic mass is 16.5. The van der Waals surface area contributed by atoms with Gasteiger partial charge in [-0.15, -0.1) is 0 Å². The van der Waals surface area contributed by atoms with Gasteiger partial charge in [0.25, 0.3) is 0 Å². The lowest BCUT2D eigenvalue weighted by Crippen LogP contribution is -2.57. The number of rotatable bonds is 4. The molecule has 0 saturated carbocycles. The van der Waals surface area contributed by atoms with E-state index in [9.17, 15) is 0 Å². The smallest absolute Gasteiger partial charge is 0.0569 e. The highest BCUT2D eigenvalue weighted by molar-refractivity contribution is 5.50. The first-order chi connectivity index (χ1) is 9.11. The maximum Gasteiger partial charge on any atom is 0.0569 e. The summed E-state index contributed by atoms with van der Waals surface area (Å²) in [6, 6.07) is 8.82. The van der Waals surface area contributed by atoms with Gasteiger partial charge in [0.2, 0.25) is 0 Å². The van der Waals surface area contributed by atoms with E-state index in [1.807, 2.05) is 0 Å². The van der Waals surface area contributed by atoms with E-state index in [4.69, 9.17) is 10.5 Å². The summed E-state index contributed by atoms with van der Waals surface area (Å²) in [6.07, 6.45) is 3.36. The average Bonchev–Trinajstić information content (AvgIpc) is 2.46. The zero-order valence-corrected chi connectivity index (χ0v) is 12.4. The number of aryl methyl sites for hydroxylation is 1. The van der Waals surface area contributed by atoms with E-state index in [1.54, 1.807) is 0 Å². The van der Waals surface area contributed by atoms with E-state index in [0.717, 1.165) is 25.9 Å². The summed E-state index contributed by atoms with van der Waals surface area (Å²) in [4.78, 5) is 2.35. The Morgan fingerprint density at radius 2 is 2.05 bits per heavy atom. The molecule has 1 heterocycles. The Morgan fingerprint density at radius 1 is 1.37 bits per heavy atom. The van der Waals surface area contributed by atoms with E-state index in [0.29, 0.717) is 6.54 Å². The van der Waals surface area contributed by atoms with Crippen LogP contribution in [0.1, 0.15) is 32.3 Å². The molecule has 0 aromatic heterocycles. The molecule has 106 valence electrons. The second kappa shape index (κ2) is 5.93. The number of benzene rings is 1. The summed E-state index contributed by atoms with van der Waals surface area (Å²) < 4.78 is 5.68. The predicted molar refractivity (Wildman–Crippen MR) is 80.7 cm³/mol. The molecule has 3 heteroatoms. The first-order valence-corrected chi connectivity index (χ1v) is 7.26. The van der Waals surface area contributed by atoms with Gasteiger partial charge in [0.15, 0.2) is 0 Å². The number of ether oxygens (including phenoxy) is 1. The Kier molecular flexibility index (Phi) is 4.48. The SMILES string of the molecule is CCc1ccc(N(C)C2(CN)CCOC(C)C2)cc1. The standard InChI is InChI=1S/C16H26N2O/c1-4-14-5-7-15(8-6-14)18(3)16(12-17)9-10-19-13(2)11-16/h5-8,13H,4,9-12,17H2,1-3H3. The Balaban J connectivity index is 2.21. The molecule has 1 aromatic rings. The first-order valence-electron chi connectivity index (χ1n) is 7.26. The second-order valence-corrected chi connectivity index (χ2v) is 5.64. The molecule has 3 nitrogen and oxygen atoms in total. The number of nitrogens with two attached hydrogens (primary N) is 1. The van der Waals surface area contributed by atoms with Crippen molar-refractivity contribution in [1.82, 2.24) is 0 Å². The van der Waals surface area contributed by atoms with Gasteiger partial charge in [-0.1, -0.05) is 19.1 Å². The minimum atomic E-state index is 0.0331. The molecule has 0 spiro atoms. The van der Waals surface area contributed by atoms with Crippen molar-refractivity contribution in [3.63, 3.8) is 0 Å². The minimum Gasteiger partial charge on any atom is -0.378 e. The molecule has 1 fully saturated rings. The zero-order valence-electron chi connectivity index (χ0n) is 12.4. The summed E-state index contributed by atoms with van der Waals surface area (Å²) in [5.41, 5.74) is 8.75. The van der Waals surface area contributed by atoms with E-state index in [1.165, 1.54) is 11.3 Å². The van der Waals surface area contributed by atoms with Crippen molar-refractivity contribution in [1.29, 1.82) is 0 Å². The van der Waals surface area contributed by atoms with Crippen molar-refractivity contribution in [2.24, 2.45) is 5.73 Å². The highest BCUT2D eigenvalue weighted by Gasteiger charge is 2.38. The summed E-state index contributed by atoms with van der Waals surface area (Å²) in [5.74, 6) is 0. The molecule has 2 unspecified atom stereocenters. The van der Waals surface area contributed by atoms with Crippen LogP contribution in [0.25, 0.3) is 0 Å². The maximum absolute atomic E-state index is 6.10. The molecule has 1 saturated heterocycles. The third-order valence-electron chi connectivity index (χ3n) is 4.46. The molecule has 0 radical (unpaired) electrons. The lowest BCUT2D eigenvalue weighted by atomic mass is 9.85. The van der Waals surface area contributed by atoms with Gasteiger partial charge in [0.05, 0.1) is 11.6 Å². The lowest BCUT2D eigenvalue weighted by Gasteiger charge is -2.47. The summed E-state index contributed by atoms with van der Waals surface area (Å²) in [5, 5.41) is 0. The normalized spacial score (nSPS) is 27.3. The largest absolute Gasteiger partial charge is 0.378 e. The maximum atomic E-state index is 6.10. The molecular weight excluding hydrogens is 236 g/mol. The van der Waals surface area contributed by atoms with Gasteiger partial charge < -0.3 is 15.4 Å². The number of likely N-dealkylation sites (N-methyl/N-ethyl adjacent to an activating group) is 1. The molecule has 19 heavy (non-hydrogen) atoms. The van der Waals surface area contributed by atoms with Gasteiger partial charge in [-0.05, 0) is 43.9 Å². The van der Waals surface area contributed by atoms with Gasteiger partial charge in [-0.3, -0.25) is 0 Å². The Bertz CT molecular complexity index is 404. The van der Waals surface area contributed by atoms with E-state index < -0.39 is 0 Å². The molecular formula is C16H26N2O. The topological polar surface area (TPSA) is 38.5 Å². The minimum absolute atomic E-state index is 0.0331. The van der Waals surface area contributed by atoms with Gasteiger partial charge in [0, 0.05) is 25.9 Å². The number of nitrogens with zero attached hydrogens (tertiary/aromatic N) is 1. The third-order valence-corrected chi connectivity index (χ3v) is 4.46. The highest BCUT2D eigenvalue weighted by Crippen LogP contribution is 2.33. The summed E-state index contributed by atoms with van der Waals surface area (Å²) in [6.45, 7) is 5.79. The molecule has 2 atom stereocenters. The average molecular weight is 262 g/mol.